The molecule has 2 aromatic heterocycles. The van der Waals surface area contributed by atoms with Gasteiger partial charge < -0.3 is 20.1 Å². The molecule has 1 fully saturated rings. The summed E-state index contributed by atoms with van der Waals surface area (Å²) in [5.41, 5.74) is 1.49. The molecule has 0 bridgehead atoms. The number of piperazine rings is 1. The number of likely N-dealkylation sites (N-methyl/N-ethyl adjacent to an activating group) is 1. The number of hydrogen-bond donors (Lipinski definition) is 2. The summed E-state index contributed by atoms with van der Waals surface area (Å²) < 4.78 is 0. The highest BCUT2D eigenvalue weighted by Crippen LogP contribution is 2.18. The van der Waals surface area contributed by atoms with Gasteiger partial charge in [-0.05, 0) is 13.1 Å². The number of H-pyrrole nitrogens is 1. The minimum atomic E-state index is -0.161. The van der Waals surface area contributed by atoms with Crippen molar-refractivity contribution in [2.45, 2.75) is 6.54 Å². The van der Waals surface area contributed by atoms with E-state index in [0.29, 0.717) is 12.2 Å². The minimum Gasteiger partial charge on any atom is -0.354 e. The van der Waals surface area contributed by atoms with Crippen LogP contribution in [0.2, 0.25) is 0 Å². The van der Waals surface area contributed by atoms with Crippen LogP contribution < -0.4 is 10.2 Å². The largest absolute Gasteiger partial charge is 0.354 e. The molecule has 0 saturated carbocycles. The van der Waals surface area contributed by atoms with Crippen LogP contribution in [0.25, 0.3) is 0 Å². The van der Waals surface area contributed by atoms with Gasteiger partial charge in [0.05, 0.1) is 12.5 Å². The first-order valence-electron chi connectivity index (χ1n) is 7.38. The van der Waals surface area contributed by atoms with E-state index in [2.05, 4.69) is 37.1 Å². The minimum absolute atomic E-state index is 0.161. The van der Waals surface area contributed by atoms with Crippen LogP contribution in [-0.4, -0.2) is 59.0 Å². The Morgan fingerprint density at radius 1 is 1.36 bits per heavy atom. The van der Waals surface area contributed by atoms with E-state index in [1.807, 2.05) is 12.1 Å². The molecule has 2 N–H and O–H groups in total. The van der Waals surface area contributed by atoms with E-state index in [4.69, 9.17) is 0 Å². The number of imidazole rings is 1. The molecule has 0 radical (unpaired) electrons. The van der Waals surface area contributed by atoms with Crippen LogP contribution in [0.5, 0.6) is 0 Å². The molecular weight excluding hydrogens is 280 g/mol. The van der Waals surface area contributed by atoms with Gasteiger partial charge >= 0.3 is 0 Å². The summed E-state index contributed by atoms with van der Waals surface area (Å²) in [7, 11) is 2.13. The van der Waals surface area contributed by atoms with Gasteiger partial charge in [-0.2, -0.15) is 0 Å². The van der Waals surface area contributed by atoms with Gasteiger partial charge in [-0.15, -0.1) is 0 Å². The Morgan fingerprint density at radius 3 is 2.91 bits per heavy atom. The van der Waals surface area contributed by atoms with Crippen LogP contribution in [0.1, 0.15) is 16.1 Å². The number of aromatic amines is 1. The summed E-state index contributed by atoms with van der Waals surface area (Å²) >= 11 is 0. The molecule has 2 aromatic rings. The van der Waals surface area contributed by atoms with Gasteiger partial charge in [-0.1, -0.05) is 6.07 Å². The Balaban J connectivity index is 1.67. The highest BCUT2D eigenvalue weighted by molar-refractivity contribution is 5.91. The molecule has 7 nitrogen and oxygen atoms in total. The Morgan fingerprint density at radius 2 is 2.18 bits per heavy atom. The third-order valence-electron chi connectivity index (χ3n) is 3.85. The monoisotopic (exact) mass is 300 g/mol. The molecule has 1 aliphatic heterocycles. The van der Waals surface area contributed by atoms with E-state index in [1.54, 1.807) is 6.20 Å². The van der Waals surface area contributed by atoms with Gasteiger partial charge in [0.1, 0.15) is 11.5 Å². The Kier molecular flexibility index (Phi) is 4.34. The first kappa shape index (κ1) is 14.5. The zero-order valence-corrected chi connectivity index (χ0v) is 12.6. The van der Waals surface area contributed by atoms with Crippen LogP contribution >= 0.6 is 0 Å². The quantitative estimate of drug-likeness (QED) is 0.859. The van der Waals surface area contributed by atoms with Gasteiger partial charge in [-0.3, -0.25) is 4.79 Å². The highest BCUT2D eigenvalue weighted by Gasteiger charge is 2.18. The van der Waals surface area contributed by atoms with E-state index in [9.17, 15) is 4.79 Å². The van der Waals surface area contributed by atoms with Gasteiger partial charge in [0.25, 0.3) is 5.91 Å². The fourth-order valence-electron chi connectivity index (χ4n) is 2.52. The smallest absolute Gasteiger partial charge is 0.269 e. The molecule has 1 amide bonds. The summed E-state index contributed by atoms with van der Waals surface area (Å²) in [4.78, 5) is 27.7. The first-order chi connectivity index (χ1) is 10.7. The lowest BCUT2D eigenvalue weighted by molar-refractivity contribution is 0.0946. The van der Waals surface area contributed by atoms with Crippen molar-refractivity contribution < 1.29 is 4.79 Å². The Labute approximate surface area is 129 Å². The lowest BCUT2D eigenvalue weighted by Gasteiger charge is -2.34. The number of carbonyl (C=O) groups is 1. The van der Waals surface area contributed by atoms with Gasteiger partial charge in [0, 0.05) is 44.5 Å². The third kappa shape index (κ3) is 3.25. The van der Waals surface area contributed by atoms with Crippen molar-refractivity contribution in [3.8, 4) is 0 Å². The molecule has 0 spiro atoms. The summed E-state index contributed by atoms with van der Waals surface area (Å²) in [6.07, 6.45) is 4.81. The van der Waals surface area contributed by atoms with E-state index >= 15 is 0 Å². The average molecular weight is 300 g/mol. The molecule has 0 atom stereocenters. The summed E-state index contributed by atoms with van der Waals surface area (Å²) in [6.45, 7) is 4.41. The van der Waals surface area contributed by atoms with Crippen molar-refractivity contribution in [1.82, 2.24) is 25.2 Å². The zero-order valence-electron chi connectivity index (χ0n) is 12.6. The topological polar surface area (TPSA) is 77.2 Å². The van der Waals surface area contributed by atoms with Crippen molar-refractivity contribution >= 4 is 11.7 Å². The number of nitrogens with zero attached hydrogens (tertiary/aromatic N) is 4. The third-order valence-corrected chi connectivity index (χ3v) is 3.85. The van der Waals surface area contributed by atoms with Crippen LogP contribution in [0, 0.1) is 0 Å². The van der Waals surface area contributed by atoms with Crippen molar-refractivity contribution in [3.05, 3.63) is 42.1 Å². The van der Waals surface area contributed by atoms with Crippen molar-refractivity contribution in [3.63, 3.8) is 0 Å². The van der Waals surface area contributed by atoms with Crippen molar-refractivity contribution in [2.75, 3.05) is 38.1 Å². The number of rotatable bonds is 4. The SMILES string of the molecule is CN1CCN(c2ncccc2CNC(=O)c2cnc[nH]2)CC1. The summed E-state index contributed by atoms with van der Waals surface area (Å²) in [5, 5.41) is 2.90. The highest BCUT2D eigenvalue weighted by atomic mass is 16.1. The molecule has 1 aliphatic rings. The molecule has 3 heterocycles. The van der Waals surface area contributed by atoms with E-state index in [0.717, 1.165) is 37.6 Å². The molecule has 7 heteroatoms. The number of aromatic nitrogens is 3. The van der Waals surface area contributed by atoms with Gasteiger partial charge in [0.2, 0.25) is 0 Å². The molecular formula is C15H20N6O. The number of amides is 1. The predicted molar refractivity (Wildman–Crippen MR) is 83.7 cm³/mol. The molecule has 22 heavy (non-hydrogen) atoms. The number of carbonyl (C=O) groups excluding carboxylic acids is 1. The van der Waals surface area contributed by atoms with Crippen LogP contribution in [-0.2, 0) is 6.54 Å². The molecule has 0 aliphatic carbocycles. The second-order valence-corrected chi connectivity index (χ2v) is 5.42. The lowest BCUT2D eigenvalue weighted by Crippen LogP contribution is -2.45. The van der Waals surface area contributed by atoms with Gasteiger partial charge in [-0.25, -0.2) is 9.97 Å². The molecule has 0 aromatic carbocycles. The van der Waals surface area contributed by atoms with E-state index < -0.39 is 0 Å². The maximum atomic E-state index is 12.0. The Hall–Kier alpha value is -2.41. The standard InChI is InChI=1S/C15H20N6O/c1-20-5-7-21(8-6-20)14-12(3-2-4-17-14)9-18-15(22)13-10-16-11-19-13/h2-4,10-11H,5-9H2,1H3,(H,16,19)(H,18,22). The van der Waals surface area contributed by atoms with Crippen molar-refractivity contribution in [1.29, 1.82) is 0 Å². The summed E-state index contributed by atoms with van der Waals surface area (Å²) in [6, 6.07) is 3.91. The van der Waals surface area contributed by atoms with E-state index in [-0.39, 0.29) is 5.91 Å². The molecule has 0 unspecified atom stereocenters. The second-order valence-electron chi connectivity index (χ2n) is 5.42. The van der Waals surface area contributed by atoms with Crippen LogP contribution in [0.4, 0.5) is 5.82 Å². The van der Waals surface area contributed by atoms with Gasteiger partial charge in [0.15, 0.2) is 0 Å². The number of nitrogens with one attached hydrogen (secondary N) is 2. The summed E-state index contributed by atoms with van der Waals surface area (Å²) in [5.74, 6) is 0.797. The predicted octanol–water partition coefficient (Wildman–Crippen LogP) is 0.486. The molecule has 3 rings (SSSR count). The number of anilines is 1. The Bertz CT molecular complexity index is 619. The van der Waals surface area contributed by atoms with Crippen LogP contribution in [0.15, 0.2) is 30.9 Å². The molecule has 1 saturated heterocycles. The fourth-order valence-corrected chi connectivity index (χ4v) is 2.52. The number of hydrogen-bond acceptors (Lipinski definition) is 5. The van der Waals surface area contributed by atoms with E-state index in [1.165, 1.54) is 12.5 Å². The maximum absolute atomic E-state index is 12.0. The molecule has 116 valence electrons. The average Bonchev–Trinajstić information content (AvgIpc) is 3.08. The lowest BCUT2D eigenvalue weighted by atomic mass is 10.2. The van der Waals surface area contributed by atoms with Crippen LogP contribution in [0.3, 0.4) is 0 Å². The fraction of sp³-hybridized carbons (Fsp3) is 0.400. The normalized spacial score (nSPS) is 15.8. The zero-order chi connectivity index (χ0) is 15.4. The maximum Gasteiger partial charge on any atom is 0.269 e. The second kappa shape index (κ2) is 6.57. The van der Waals surface area contributed by atoms with Crippen molar-refractivity contribution in [2.24, 2.45) is 0 Å². The number of pyridine rings is 1. The first-order valence-corrected chi connectivity index (χ1v) is 7.38.